The van der Waals surface area contributed by atoms with E-state index in [0.29, 0.717) is 6.54 Å². The number of rotatable bonds is 2. The lowest BCUT2D eigenvalue weighted by molar-refractivity contribution is 0.159. The van der Waals surface area contributed by atoms with Crippen LogP contribution in [-0.4, -0.2) is 50.3 Å². The van der Waals surface area contributed by atoms with Gasteiger partial charge in [0.2, 0.25) is 10.0 Å². The van der Waals surface area contributed by atoms with Crippen LogP contribution < -0.4 is 5.73 Å². The van der Waals surface area contributed by atoms with Gasteiger partial charge in [0.05, 0.1) is 0 Å². The van der Waals surface area contributed by atoms with E-state index in [1.54, 1.807) is 0 Å². The smallest absolute Gasteiger partial charge is 0.246 e. The zero-order chi connectivity index (χ0) is 15.1. The summed E-state index contributed by atoms with van der Waals surface area (Å²) in [6.45, 7) is 2.87. The second-order valence-corrected chi connectivity index (χ2v) is 6.91. The van der Waals surface area contributed by atoms with E-state index >= 15 is 0 Å². The molecule has 1 aromatic carbocycles. The molecule has 0 aliphatic carbocycles. The first-order valence-corrected chi connectivity index (χ1v) is 7.62. The molecule has 1 fully saturated rings. The molecule has 2 N–H and O–H groups in total. The number of hydrogen-bond acceptors (Lipinski definition) is 4. The maximum absolute atomic E-state index is 13.8. The topological polar surface area (TPSA) is 66.6 Å². The average molecular weight is 305 g/mol. The molecule has 8 heteroatoms. The van der Waals surface area contributed by atoms with Crippen LogP contribution in [0.4, 0.5) is 14.5 Å². The van der Waals surface area contributed by atoms with Crippen LogP contribution in [0, 0.1) is 11.6 Å². The molecule has 0 spiro atoms. The van der Waals surface area contributed by atoms with Crippen molar-refractivity contribution in [1.82, 2.24) is 9.21 Å². The van der Waals surface area contributed by atoms with E-state index in [9.17, 15) is 17.2 Å². The van der Waals surface area contributed by atoms with Gasteiger partial charge in [-0.1, -0.05) is 0 Å². The van der Waals surface area contributed by atoms with Gasteiger partial charge in [0.15, 0.2) is 11.6 Å². The van der Waals surface area contributed by atoms with Crippen molar-refractivity contribution >= 4 is 15.7 Å². The highest BCUT2D eigenvalue weighted by Crippen LogP contribution is 2.25. The first-order chi connectivity index (χ1) is 9.23. The lowest BCUT2D eigenvalue weighted by Gasteiger charge is -2.36. The summed E-state index contributed by atoms with van der Waals surface area (Å²) in [5.41, 5.74) is 5.29. The van der Waals surface area contributed by atoms with Crippen LogP contribution in [-0.2, 0) is 10.0 Å². The van der Waals surface area contributed by atoms with E-state index in [2.05, 4.69) is 0 Å². The molecule has 1 saturated heterocycles. The van der Waals surface area contributed by atoms with Gasteiger partial charge in [0.1, 0.15) is 4.90 Å². The SMILES string of the molecule is CC1CN(S(=O)(=O)c2cc(N)cc(F)c2F)CCN1C. The quantitative estimate of drug-likeness (QED) is 0.824. The maximum atomic E-state index is 13.8. The average Bonchev–Trinajstić information content (AvgIpc) is 2.36. The molecule has 1 heterocycles. The van der Waals surface area contributed by atoms with Gasteiger partial charge in [0.25, 0.3) is 0 Å². The summed E-state index contributed by atoms with van der Waals surface area (Å²) in [5, 5.41) is 0. The van der Waals surface area contributed by atoms with E-state index in [-0.39, 0.29) is 24.8 Å². The molecule has 1 aliphatic rings. The van der Waals surface area contributed by atoms with Gasteiger partial charge < -0.3 is 10.6 Å². The van der Waals surface area contributed by atoms with Crippen LogP contribution in [0.25, 0.3) is 0 Å². The summed E-state index contributed by atoms with van der Waals surface area (Å²) in [6, 6.07) is 1.73. The molecule has 1 aromatic rings. The van der Waals surface area contributed by atoms with Gasteiger partial charge in [0, 0.05) is 31.4 Å². The minimum Gasteiger partial charge on any atom is -0.399 e. The van der Waals surface area contributed by atoms with Crippen LogP contribution in [0.15, 0.2) is 17.0 Å². The molecule has 1 atom stereocenters. The number of halogens is 2. The van der Waals surface area contributed by atoms with Crippen molar-refractivity contribution in [2.75, 3.05) is 32.4 Å². The first kappa shape index (κ1) is 15.1. The number of likely N-dealkylation sites (N-methyl/N-ethyl adjacent to an activating group) is 1. The molecule has 0 saturated carbocycles. The van der Waals surface area contributed by atoms with Gasteiger partial charge in [-0.15, -0.1) is 0 Å². The lowest BCUT2D eigenvalue weighted by atomic mass is 10.2. The normalized spacial score (nSPS) is 22.1. The summed E-state index contributed by atoms with van der Waals surface area (Å²) in [7, 11) is -2.20. The second kappa shape index (κ2) is 5.27. The number of nitrogen functional groups attached to an aromatic ring is 1. The molecular formula is C12H17F2N3O2S. The molecular weight excluding hydrogens is 288 g/mol. The van der Waals surface area contributed by atoms with E-state index in [4.69, 9.17) is 5.73 Å². The highest BCUT2D eigenvalue weighted by Gasteiger charge is 2.33. The standard InChI is InChI=1S/C12H17F2N3O2S/c1-8-7-17(4-3-16(8)2)20(18,19)11-6-9(15)5-10(13)12(11)14/h5-6,8H,3-4,7,15H2,1-2H3. The molecule has 2 rings (SSSR count). The van der Waals surface area contributed by atoms with E-state index in [1.807, 2.05) is 18.9 Å². The number of sulfonamides is 1. The summed E-state index contributed by atoms with van der Waals surface area (Å²) >= 11 is 0. The Morgan fingerprint density at radius 2 is 1.95 bits per heavy atom. The first-order valence-electron chi connectivity index (χ1n) is 6.18. The van der Waals surface area contributed by atoms with E-state index in [0.717, 1.165) is 16.4 Å². The Morgan fingerprint density at radius 3 is 2.55 bits per heavy atom. The molecule has 0 aromatic heterocycles. The van der Waals surface area contributed by atoms with Crippen molar-refractivity contribution < 1.29 is 17.2 Å². The van der Waals surface area contributed by atoms with Gasteiger partial charge in [-0.05, 0) is 26.1 Å². The highest BCUT2D eigenvalue weighted by molar-refractivity contribution is 7.89. The molecule has 20 heavy (non-hydrogen) atoms. The number of piperazine rings is 1. The molecule has 1 unspecified atom stereocenters. The van der Waals surface area contributed by atoms with Crippen molar-refractivity contribution in [3.8, 4) is 0 Å². The van der Waals surface area contributed by atoms with Crippen LogP contribution in [0.2, 0.25) is 0 Å². The Labute approximate surface area is 117 Å². The van der Waals surface area contributed by atoms with Gasteiger partial charge in [-0.3, -0.25) is 0 Å². The third-order valence-corrected chi connectivity index (χ3v) is 5.42. The predicted molar refractivity (Wildman–Crippen MR) is 71.6 cm³/mol. The van der Waals surface area contributed by atoms with Crippen LogP contribution in [0.5, 0.6) is 0 Å². The Kier molecular flexibility index (Phi) is 3.99. The number of nitrogens with two attached hydrogens (primary N) is 1. The number of benzene rings is 1. The Bertz CT molecular complexity index is 621. The minimum atomic E-state index is -4.08. The third-order valence-electron chi connectivity index (χ3n) is 3.56. The van der Waals surface area contributed by atoms with Gasteiger partial charge in [-0.2, -0.15) is 4.31 Å². The number of anilines is 1. The molecule has 0 bridgehead atoms. The van der Waals surface area contributed by atoms with Crippen LogP contribution in [0.1, 0.15) is 6.92 Å². The fraction of sp³-hybridized carbons (Fsp3) is 0.500. The van der Waals surface area contributed by atoms with Crippen molar-refractivity contribution in [3.63, 3.8) is 0 Å². The van der Waals surface area contributed by atoms with Crippen LogP contribution >= 0.6 is 0 Å². The van der Waals surface area contributed by atoms with Crippen molar-refractivity contribution in [1.29, 1.82) is 0 Å². The summed E-state index contributed by atoms with van der Waals surface area (Å²) in [4.78, 5) is 1.30. The number of nitrogens with zero attached hydrogens (tertiary/aromatic N) is 2. The van der Waals surface area contributed by atoms with E-state index in [1.165, 1.54) is 0 Å². The van der Waals surface area contributed by atoms with Crippen molar-refractivity contribution in [2.24, 2.45) is 0 Å². The van der Waals surface area contributed by atoms with Crippen molar-refractivity contribution in [3.05, 3.63) is 23.8 Å². The Balaban J connectivity index is 2.41. The molecule has 5 nitrogen and oxygen atoms in total. The molecule has 112 valence electrons. The van der Waals surface area contributed by atoms with Crippen LogP contribution in [0.3, 0.4) is 0 Å². The molecule has 0 amide bonds. The Morgan fingerprint density at radius 1 is 1.30 bits per heavy atom. The highest BCUT2D eigenvalue weighted by atomic mass is 32.2. The number of hydrogen-bond donors (Lipinski definition) is 1. The zero-order valence-electron chi connectivity index (χ0n) is 11.3. The fourth-order valence-electron chi connectivity index (χ4n) is 2.14. The lowest BCUT2D eigenvalue weighted by Crippen LogP contribution is -2.52. The summed E-state index contributed by atoms with van der Waals surface area (Å²) < 4.78 is 53.1. The van der Waals surface area contributed by atoms with Gasteiger partial charge >= 0.3 is 0 Å². The second-order valence-electron chi connectivity index (χ2n) is 5.01. The molecule has 1 aliphatic heterocycles. The van der Waals surface area contributed by atoms with Gasteiger partial charge in [-0.25, -0.2) is 17.2 Å². The van der Waals surface area contributed by atoms with E-state index < -0.39 is 26.6 Å². The largest absolute Gasteiger partial charge is 0.399 e. The minimum absolute atomic E-state index is 0.00694. The monoisotopic (exact) mass is 305 g/mol. The zero-order valence-corrected chi connectivity index (χ0v) is 12.1. The summed E-state index contributed by atoms with van der Waals surface area (Å²) in [6.07, 6.45) is 0. The summed E-state index contributed by atoms with van der Waals surface area (Å²) in [5.74, 6) is -2.64. The Hall–Kier alpha value is -1.25. The fourth-order valence-corrected chi connectivity index (χ4v) is 3.77. The van der Waals surface area contributed by atoms with Crippen molar-refractivity contribution in [2.45, 2.75) is 17.9 Å². The predicted octanol–water partition coefficient (Wildman–Crippen LogP) is 0.872. The third kappa shape index (κ3) is 2.63. The molecule has 0 radical (unpaired) electrons. The maximum Gasteiger partial charge on any atom is 0.246 e.